The highest BCUT2D eigenvalue weighted by molar-refractivity contribution is 7.92. The molecule has 6 nitrogen and oxygen atoms in total. The zero-order valence-electron chi connectivity index (χ0n) is 10.6. The summed E-state index contributed by atoms with van der Waals surface area (Å²) in [6.45, 7) is 0. The first-order valence-corrected chi connectivity index (χ1v) is 7.52. The molecule has 1 heterocycles. The third-order valence-electron chi connectivity index (χ3n) is 2.47. The predicted molar refractivity (Wildman–Crippen MR) is 75.1 cm³/mol. The molecule has 0 saturated carbocycles. The van der Waals surface area contributed by atoms with Crippen LogP contribution in [0.15, 0.2) is 42.6 Å². The van der Waals surface area contributed by atoms with Gasteiger partial charge >= 0.3 is 5.97 Å². The Bertz CT molecular complexity index is 739. The van der Waals surface area contributed by atoms with Gasteiger partial charge in [0, 0.05) is 17.4 Å². The Balaban J connectivity index is 2.33. The lowest BCUT2D eigenvalue weighted by Gasteiger charge is -2.06. The molecule has 7 heteroatoms. The van der Waals surface area contributed by atoms with E-state index >= 15 is 0 Å². The maximum atomic E-state index is 11.2. The van der Waals surface area contributed by atoms with Crippen LogP contribution in [-0.2, 0) is 10.0 Å². The number of carboxylic acid groups (broad SMARTS) is 1. The average molecular weight is 292 g/mol. The Kier molecular flexibility index (Phi) is 3.71. The van der Waals surface area contributed by atoms with Crippen molar-refractivity contribution >= 4 is 21.7 Å². The van der Waals surface area contributed by atoms with E-state index in [9.17, 15) is 13.2 Å². The number of nitrogens with zero attached hydrogens (tertiary/aromatic N) is 1. The number of aromatic nitrogens is 1. The fraction of sp³-hybridized carbons (Fsp3) is 0.0769. The smallest absolute Gasteiger partial charge is 0.337 e. The Labute approximate surface area is 116 Å². The number of pyridine rings is 1. The van der Waals surface area contributed by atoms with Gasteiger partial charge in [-0.15, -0.1) is 0 Å². The molecule has 1 aromatic heterocycles. The van der Waals surface area contributed by atoms with E-state index in [1.807, 2.05) is 0 Å². The van der Waals surface area contributed by atoms with Gasteiger partial charge in [0.05, 0.1) is 17.5 Å². The average Bonchev–Trinajstić information content (AvgIpc) is 2.37. The molecule has 2 N–H and O–H groups in total. The second-order valence-corrected chi connectivity index (χ2v) is 5.94. The number of rotatable bonds is 4. The predicted octanol–water partition coefficient (Wildman–Crippen LogP) is 1.82. The van der Waals surface area contributed by atoms with Gasteiger partial charge in [-0.1, -0.05) is 12.1 Å². The lowest BCUT2D eigenvalue weighted by atomic mass is 10.1. The molecule has 2 rings (SSSR count). The molecular weight excluding hydrogens is 280 g/mol. The second-order valence-electron chi connectivity index (χ2n) is 4.19. The largest absolute Gasteiger partial charge is 0.478 e. The molecule has 0 aliphatic carbocycles. The monoisotopic (exact) mass is 292 g/mol. The molecule has 20 heavy (non-hydrogen) atoms. The van der Waals surface area contributed by atoms with Crippen molar-refractivity contribution in [3.8, 4) is 11.3 Å². The van der Waals surface area contributed by atoms with E-state index in [0.29, 0.717) is 16.9 Å². The molecule has 0 bridgehead atoms. The Morgan fingerprint density at radius 3 is 2.55 bits per heavy atom. The second kappa shape index (κ2) is 5.30. The summed E-state index contributed by atoms with van der Waals surface area (Å²) in [4.78, 5) is 14.8. The van der Waals surface area contributed by atoms with Crippen molar-refractivity contribution < 1.29 is 18.3 Å². The van der Waals surface area contributed by atoms with Crippen LogP contribution in [0.25, 0.3) is 11.3 Å². The van der Waals surface area contributed by atoms with E-state index in [1.165, 1.54) is 12.3 Å². The van der Waals surface area contributed by atoms with Crippen molar-refractivity contribution in [2.45, 2.75) is 0 Å². The summed E-state index contributed by atoms with van der Waals surface area (Å²) in [6, 6.07) is 9.72. The summed E-state index contributed by atoms with van der Waals surface area (Å²) < 4.78 is 24.7. The minimum Gasteiger partial charge on any atom is -0.478 e. The molecule has 0 spiro atoms. The highest BCUT2D eigenvalue weighted by atomic mass is 32.2. The lowest BCUT2D eigenvalue weighted by molar-refractivity contribution is 0.0696. The van der Waals surface area contributed by atoms with Gasteiger partial charge in [-0.05, 0) is 24.3 Å². The Hall–Kier alpha value is -2.41. The minimum atomic E-state index is -3.34. The number of carbonyl (C=O) groups is 1. The first kappa shape index (κ1) is 14.0. The van der Waals surface area contributed by atoms with Crippen LogP contribution in [0.5, 0.6) is 0 Å². The Morgan fingerprint density at radius 1 is 1.25 bits per heavy atom. The van der Waals surface area contributed by atoms with Crippen molar-refractivity contribution in [1.82, 2.24) is 4.98 Å². The van der Waals surface area contributed by atoms with Crippen molar-refractivity contribution in [3.63, 3.8) is 0 Å². The van der Waals surface area contributed by atoms with Gasteiger partial charge in [0.1, 0.15) is 0 Å². The van der Waals surface area contributed by atoms with Gasteiger partial charge in [-0.25, -0.2) is 13.2 Å². The molecule has 0 unspecified atom stereocenters. The van der Waals surface area contributed by atoms with Crippen molar-refractivity contribution in [2.24, 2.45) is 0 Å². The standard InChI is InChI=1S/C13H12N2O4S/c1-20(18,19)15-11-4-2-3-9(7-11)12-6-5-10(8-14-12)13(16)17/h2-8,15H,1H3,(H,16,17). The number of anilines is 1. The first-order chi connectivity index (χ1) is 9.35. The summed E-state index contributed by atoms with van der Waals surface area (Å²) >= 11 is 0. The zero-order chi connectivity index (χ0) is 14.8. The van der Waals surface area contributed by atoms with Crippen LogP contribution in [0, 0.1) is 0 Å². The molecule has 104 valence electrons. The number of hydrogen-bond donors (Lipinski definition) is 2. The summed E-state index contributed by atoms with van der Waals surface area (Å²) in [5.41, 5.74) is 1.77. The Morgan fingerprint density at radius 2 is 2.00 bits per heavy atom. The van der Waals surface area contributed by atoms with Crippen LogP contribution in [0.4, 0.5) is 5.69 Å². The van der Waals surface area contributed by atoms with Crippen LogP contribution >= 0.6 is 0 Å². The number of hydrogen-bond acceptors (Lipinski definition) is 4. The highest BCUT2D eigenvalue weighted by Crippen LogP contribution is 2.21. The third kappa shape index (κ3) is 3.55. The summed E-state index contributed by atoms with van der Waals surface area (Å²) in [5.74, 6) is -1.04. The minimum absolute atomic E-state index is 0.0964. The van der Waals surface area contributed by atoms with E-state index in [2.05, 4.69) is 9.71 Å². The molecule has 1 aromatic carbocycles. The van der Waals surface area contributed by atoms with E-state index in [4.69, 9.17) is 5.11 Å². The van der Waals surface area contributed by atoms with Gasteiger partial charge in [-0.2, -0.15) is 0 Å². The zero-order valence-corrected chi connectivity index (χ0v) is 11.4. The van der Waals surface area contributed by atoms with Crippen molar-refractivity contribution in [3.05, 3.63) is 48.2 Å². The summed E-state index contributed by atoms with van der Waals surface area (Å²) in [7, 11) is -3.34. The van der Waals surface area contributed by atoms with E-state index in [-0.39, 0.29) is 5.56 Å². The molecule has 0 aliphatic heterocycles. The summed E-state index contributed by atoms with van der Waals surface area (Å²) in [6.07, 6.45) is 2.33. The van der Waals surface area contributed by atoms with Gasteiger partial charge in [0.2, 0.25) is 10.0 Å². The molecule has 0 aliphatic rings. The van der Waals surface area contributed by atoms with Crippen LogP contribution in [0.1, 0.15) is 10.4 Å². The van der Waals surface area contributed by atoms with Gasteiger partial charge in [0.15, 0.2) is 0 Å². The number of nitrogens with one attached hydrogen (secondary N) is 1. The fourth-order valence-electron chi connectivity index (χ4n) is 1.65. The number of carboxylic acids is 1. The first-order valence-electron chi connectivity index (χ1n) is 5.63. The van der Waals surface area contributed by atoms with Crippen LogP contribution in [0.3, 0.4) is 0 Å². The molecular formula is C13H12N2O4S. The van der Waals surface area contributed by atoms with Crippen molar-refractivity contribution in [2.75, 3.05) is 11.0 Å². The lowest BCUT2D eigenvalue weighted by Crippen LogP contribution is -2.09. The molecule has 0 atom stereocenters. The van der Waals surface area contributed by atoms with Crippen LogP contribution in [-0.4, -0.2) is 30.7 Å². The number of aromatic carboxylic acids is 1. The topological polar surface area (TPSA) is 96.4 Å². The molecule has 0 amide bonds. The SMILES string of the molecule is CS(=O)(=O)Nc1cccc(-c2ccc(C(=O)O)cn2)c1. The molecule has 0 fully saturated rings. The van der Waals surface area contributed by atoms with E-state index in [0.717, 1.165) is 6.26 Å². The van der Waals surface area contributed by atoms with E-state index < -0.39 is 16.0 Å². The van der Waals surface area contributed by atoms with E-state index in [1.54, 1.807) is 30.3 Å². The normalized spacial score (nSPS) is 11.1. The van der Waals surface area contributed by atoms with Crippen molar-refractivity contribution in [1.29, 1.82) is 0 Å². The van der Waals surface area contributed by atoms with Crippen LogP contribution in [0.2, 0.25) is 0 Å². The molecule has 2 aromatic rings. The number of benzene rings is 1. The third-order valence-corrected chi connectivity index (χ3v) is 3.08. The van der Waals surface area contributed by atoms with Gasteiger partial charge in [-0.3, -0.25) is 9.71 Å². The maximum absolute atomic E-state index is 11.2. The van der Waals surface area contributed by atoms with Gasteiger partial charge < -0.3 is 5.11 Å². The summed E-state index contributed by atoms with van der Waals surface area (Å²) in [5, 5.41) is 8.80. The van der Waals surface area contributed by atoms with Gasteiger partial charge in [0.25, 0.3) is 0 Å². The molecule has 0 saturated heterocycles. The quantitative estimate of drug-likeness (QED) is 0.896. The van der Waals surface area contributed by atoms with Crippen LogP contribution < -0.4 is 4.72 Å². The fourth-order valence-corrected chi connectivity index (χ4v) is 2.20. The molecule has 0 radical (unpaired) electrons. The maximum Gasteiger partial charge on any atom is 0.337 e. The number of sulfonamides is 1. The highest BCUT2D eigenvalue weighted by Gasteiger charge is 2.06.